The van der Waals surface area contributed by atoms with Crippen molar-refractivity contribution < 1.29 is 27.8 Å². The highest BCUT2D eigenvalue weighted by atomic mass is 35.5. The number of carbonyl (C=O) groups excluding carboxylic acids is 1. The van der Waals surface area contributed by atoms with Gasteiger partial charge in [-0.05, 0) is 54.8 Å². The molecule has 1 atom stereocenters. The lowest BCUT2D eigenvalue weighted by molar-refractivity contribution is -0.302. The molecule has 9 heteroatoms. The highest BCUT2D eigenvalue weighted by Crippen LogP contribution is 2.41. The fourth-order valence-electron chi connectivity index (χ4n) is 2.84. The van der Waals surface area contributed by atoms with Crippen molar-refractivity contribution >= 4 is 23.2 Å². The number of carbonyl (C=O) groups is 1. The first-order chi connectivity index (χ1) is 13.5. The van der Waals surface area contributed by atoms with Crippen LogP contribution in [0.5, 0.6) is 5.75 Å². The van der Waals surface area contributed by atoms with E-state index >= 15 is 0 Å². The lowest BCUT2D eigenvalue weighted by atomic mass is 10.0. The van der Waals surface area contributed by atoms with Crippen LogP contribution < -0.4 is 4.74 Å². The van der Waals surface area contributed by atoms with Gasteiger partial charge in [-0.15, -0.1) is 0 Å². The van der Waals surface area contributed by atoms with Crippen LogP contribution in [0.25, 0.3) is 0 Å². The first kappa shape index (κ1) is 21.1. The molecular weight excluding hydrogens is 409 g/mol. The van der Waals surface area contributed by atoms with Crippen molar-refractivity contribution in [2.24, 2.45) is 5.10 Å². The van der Waals surface area contributed by atoms with Crippen LogP contribution in [0.2, 0.25) is 5.02 Å². The first-order valence-electron chi connectivity index (χ1n) is 8.67. The van der Waals surface area contributed by atoms with Gasteiger partial charge in [0.05, 0.1) is 12.1 Å². The van der Waals surface area contributed by atoms with Crippen molar-refractivity contribution in [1.29, 1.82) is 0 Å². The quantitative estimate of drug-likeness (QED) is 0.796. The van der Waals surface area contributed by atoms with E-state index < -0.39 is 30.8 Å². The van der Waals surface area contributed by atoms with Crippen molar-refractivity contribution in [2.45, 2.75) is 32.2 Å². The smallest absolute Gasteiger partial charge is 0.438 e. The molecule has 3 rings (SSSR count). The summed E-state index contributed by atoms with van der Waals surface area (Å²) in [7, 11) is 0. The second kappa shape index (κ2) is 7.68. The minimum Gasteiger partial charge on any atom is -0.484 e. The Labute approximate surface area is 170 Å². The van der Waals surface area contributed by atoms with E-state index in [-0.39, 0.29) is 10.7 Å². The number of hydrazone groups is 1. The zero-order valence-electron chi connectivity index (χ0n) is 15.6. The largest absolute Gasteiger partial charge is 0.484 e. The summed E-state index contributed by atoms with van der Waals surface area (Å²) in [4.78, 5) is 12.5. The highest BCUT2D eigenvalue weighted by molar-refractivity contribution is 6.30. The van der Waals surface area contributed by atoms with Gasteiger partial charge < -0.3 is 9.84 Å². The molecule has 0 radical (unpaired) electrons. The summed E-state index contributed by atoms with van der Waals surface area (Å²) < 4.78 is 46.1. The fraction of sp³-hybridized carbons (Fsp3) is 0.300. The van der Waals surface area contributed by atoms with Gasteiger partial charge in [0.25, 0.3) is 11.6 Å². The molecule has 0 saturated heterocycles. The lowest BCUT2D eigenvalue weighted by Crippen LogP contribution is -2.57. The molecule has 1 heterocycles. The normalized spacial score (nSPS) is 19.3. The number of hydrogen-bond donors (Lipinski definition) is 1. The van der Waals surface area contributed by atoms with Crippen LogP contribution in [0.3, 0.4) is 0 Å². The molecular formula is C20H18ClF3N2O3. The summed E-state index contributed by atoms with van der Waals surface area (Å²) in [6.45, 7) is 3.03. The van der Waals surface area contributed by atoms with Gasteiger partial charge in [0.1, 0.15) is 5.75 Å². The summed E-state index contributed by atoms with van der Waals surface area (Å²) in [5.41, 5.74) is -1.30. The first-order valence-corrected chi connectivity index (χ1v) is 9.05. The number of ether oxygens (including phenoxy) is 1. The van der Waals surface area contributed by atoms with Gasteiger partial charge in [0.15, 0.2) is 6.61 Å². The summed E-state index contributed by atoms with van der Waals surface area (Å²) in [5.74, 6) is -0.787. The Bertz CT molecular complexity index is 960. The van der Waals surface area contributed by atoms with Crippen LogP contribution in [-0.2, 0) is 4.79 Å². The molecule has 0 spiro atoms. The molecule has 154 valence electrons. The Morgan fingerprint density at radius 1 is 1.21 bits per heavy atom. The maximum atomic E-state index is 13.6. The number of aryl methyl sites for hydroxylation is 2. The van der Waals surface area contributed by atoms with Crippen LogP contribution >= 0.6 is 11.6 Å². The molecule has 0 saturated carbocycles. The van der Waals surface area contributed by atoms with Crippen molar-refractivity contribution in [3.05, 3.63) is 64.2 Å². The predicted octanol–water partition coefficient (Wildman–Crippen LogP) is 4.22. The van der Waals surface area contributed by atoms with E-state index in [0.29, 0.717) is 16.3 Å². The predicted molar refractivity (Wildman–Crippen MR) is 102 cm³/mol. The molecule has 1 aliphatic rings. The van der Waals surface area contributed by atoms with Crippen molar-refractivity contribution in [3.63, 3.8) is 0 Å². The topological polar surface area (TPSA) is 62.1 Å². The van der Waals surface area contributed by atoms with Gasteiger partial charge >= 0.3 is 6.18 Å². The molecule has 0 bridgehead atoms. The van der Waals surface area contributed by atoms with Crippen LogP contribution in [0.1, 0.15) is 23.1 Å². The van der Waals surface area contributed by atoms with Gasteiger partial charge in [0, 0.05) is 5.02 Å². The van der Waals surface area contributed by atoms with Gasteiger partial charge in [0.2, 0.25) is 0 Å². The summed E-state index contributed by atoms with van der Waals surface area (Å²) in [5, 5.41) is 14.5. The number of hydrogen-bond acceptors (Lipinski definition) is 4. The molecule has 0 aliphatic carbocycles. The average Bonchev–Trinajstić information content (AvgIpc) is 3.02. The highest BCUT2D eigenvalue weighted by Gasteiger charge is 2.63. The minimum absolute atomic E-state index is 0.0536. The Morgan fingerprint density at radius 2 is 1.86 bits per heavy atom. The summed E-state index contributed by atoms with van der Waals surface area (Å²) in [6.07, 6.45) is -6.01. The lowest BCUT2D eigenvalue weighted by Gasteiger charge is -2.32. The molecule has 0 fully saturated rings. The second-order valence-electron chi connectivity index (χ2n) is 6.79. The van der Waals surface area contributed by atoms with E-state index in [1.807, 2.05) is 13.8 Å². The third kappa shape index (κ3) is 4.23. The molecule has 1 amide bonds. The zero-order chi connectivity index (χ0) is 21.4. The monoisotopic (exact) mass is 426 g/mol. The van der Waals surface area contributed by atoms with Gasteiger partial charge in [-0.25, -0.2) is 0 Å². The number of nitrogens with zero attached hydrogens (tertiary/aromatic N) is 2. The maximum absolute atomic E-state index is 13.6. The molecule has 29 heavy (non-hydrogen) atoms. The molecule has 0 aromatic heterocycles. The minimum atomic E-state index is -5.11. The SMILES string of the molecule is Cc1ccc(OCC(=O)N2N=C(c3ccc(Cl)cc3)C[C@@]2(O)C(F)(F)F)cc1C. The fourth-order valence-corrected chi connectivity index (χ4v) is 2.97. The maximum Gasteiger partial charge on any atom is 0.438 e. The molecule has 1 N–H and O–H groups in total. The average molecular weight is 427 g/mol. The van der Waals surface area contributed by atoms with E-state index in [0.717, 1.165) is 11.1 Å². The van der Waals surface area contributed by atoms with Crippen LogP contribution in [0, 0.1) is 13.8 Å². The van der Waals surface area contributed by atoms with Crippen LogP contribution in [-0.4, -0.2) is 40.2 Å². The third-order valence-corrected chi connectivity index (χ3v) is 4.95. The number of benzene rings is 2. The van der Waals surface area contributed by atoms with Gasteiger partial charge in [-0.2, -0.15) is 23.3 Å². The Hall–Kier alpha value is -2.58. The standard InChI is InChI=1S/C20H18ClF3N2O3/c1-12-3-8-16(9-13(12)2)29-11-18(27)26-19(28,20(22,23)24)10-17(25-26)14-4-6-15(21)7-5-14/h3-9,28H,10-11H2,1-2H3/t19-/m1/s1. The van der Waals surface area contributed by atoms with Crippen LogP contribution in [0.15, 0.2) is 47.6 Å². The summed E-state index contributed by atoms with van der Waals surface area (Å²) >= 11 is 5.80. The zero-order valence-corrected chi connectivity index (χ0v) is 16.4. The summed E-state index contributed by atoms with van der Waals surface area (Å²) in [6, 6.07) is 11.0. The van der Waals surface area contributed by atoms with E-state index in [1.54, 1.807) is 18.2 Å². The molecule has 5 nitrogen and oxygen atoms in total. The van der Waals surface area contributed by atoms with Crippen molar-refractivity contribution in [3.8, 4) is 5.75 Å². The Balaban J connectivity index is 1.84. The van der Waals surface area contributed by atoms with Crippen molar-refractivity contribution in [1.82, 2.24) is 5.01 Å². The number of alkyl halides is 3. The Kier molecular flexibility index (Phi) is 5.60. The van der Waals surface area contributed by atoms with E-state index in [9.17, 15) is 23.1 Å². The van der Waals surface area contributed by atoms with E-state index in [2.05, 4.69) is 5.10 Å². The van der Waals surface area contributed by atoms with Crippen molar-refractivity contribution in [2.75, 3.05) is 6.61 Å². The molecule has 2 aromatic rings. The molecule has 1 aliphatic heterocycles. The number of rotatable bonds is 4. The Morgan fingerprint density at radius 3 is 2.45 bits per heavy atom. The van der Waals surface area contributed by atoms with Gasteiger partial charge in [-0.3, -0.25) is 4.79 Å². The number of halogens is 4. The molecule has 0 unspecified atom stereocenters. The molecule has 2 aromatic carbocycles. The second-order valence-corrected chi connectivity index (χ2v) is 7.22. The van der Waals surface area contributed by atoms with Gasteiger partial charge in [-0.1, -0.05) is 29.8 Å². The van der Waals surface area contributed by atoms with E-state index in [1.165, 1.54) is 24.3 Å². The third-order valence-electron chi connectivity index (χ3n) is 4.69. The number of aliphatic hydroxyl groups is 1. The van der Waals surface area contributed by atoms with Crippen LogP contribution in [0.4, 0.5) is 13.2 Å². The van der Waals surface area contributed by atoms with E-state index in [4.69, 9.17) is 16.3 Å². The number of amides is 1.